The third kappa shape index (κ3) is 5.19. The molecule has 2 saturated heterocycles. The molecule has 4 aliphatic rings. The minimum absolute atomic E-state index is 0.218. The van der Waals surface area contributed by atoms with Crippen LogP contribution in [0.3, 0.4) is 0 Å². The smallest absolute Gasteiger partial charge is 0.410 e. The number of carbonyl (C=O) groups is 1. The molecule has 0 bridgehead atoms. The van der Waals surface area contributed by atoms with Crippen molar-refractivity contribution >= 4 is 6.09 Å². The molecule has 2 aliphatic carbocycles. The van der Waals surface area contributed by atoms with Crippen molar-refractivity contribution in [1.82, 2.24) is 29.5 Å². The lowest BCUT2D eigenvalue weighted by Gasteiger charge is -2.47. The van der Waals surface area contributed by atoms with Gasteiger partial charge in [0.15, 0.2) is 11.9 Å². The second-order valence-electron chi connectivity index (χ2n) is 11.5. The maximum atomic E-state index is 15.1. The molecule has 4 fully saturated rings. The van der Waals surface area contributed by atoms with Crippen LogP contribution >= 0.6 is 0 Å². The summed E-state index contributed by atoms with van der Waals surface area (Å²) in [6.45, 7) is 10.5. The Bertz CT molecular complexity index is 888. The van der Waals surface area contributed by atoms with E-state index in [2.05, 4.69) is 35.6 Å². The molecular formula is C25H40F2N6O2. The molecule has 1 aromatic rings. The minimum atomic E-state index is -3.00. The zero-order valence-electron chi connectivity index (χ0n) is 21.3. The van der Waals surface area contributed by atoms with E-state index in [-0.39, 0.29) is 11.8 Å². The molecule has 1 amide bonds. The Morgan fingerprint density at radius 1 is 1.06 bits per heavy atom. The summed E-state index contributed by atoms with van der Waals surface area (Å²) >= 11 is 0. The van der Waals surface area contributed by atoms with E-state index in [9.17, 15) is 4.79 Å². The first-order valence-electron chi connectivity index (χ1n) is 13.4. The van der Waals surface area contributed by atoms with Crippen LogP contribution in [0.15, 0.2) is 6.33 Å². The molecule has 2 aliphatic heterocycles. The SMILES string of the molecule is CC(C)N1CCN([C@H]2CCCC(F)(F)[C@@H]2OC(=O)N2CCC(C)(c3ncn(C4CC4)n3)CC2)CC1. The highest BCUT2D eigenvalue weighted by Crippen LogP contribution is 2.40. The van der Waals surface area contributed by atoms with E-state index in [0.29, 0.717) is 50.9 Å². The minimum Gasteiger partial charge on any atom is -0.438 e. The van der Waals surface area contributed by atoms with Crippen molar-refractivity contribution in [3.63, 3.8) is 0 Å². The van der Waals surface area contributed by atoms with Gasteiger partial charge in [0.25, 0.3) is 5.92 Å². The number of alkyl halides is 2. The number of aromatic nitrogens is 3. The van der Waals surface area contributed by atoms with E-state index >= 15 is 8.78 Å². The lowest BCUT2D eigenvalue weighted by Crippen LogP contribution is -2.61. The van der Waals surface area contributed by atoms with Crippen molar-refractivity contribution in [3.05, 3.63) is 12.2 Å². The third-order valence-corrected chi connectivity index (χ3v) is 8.65. The van der Waals surface area contributed by atoms with E-state index in [4.69, 9.17) is 9.84 Å². The summed E-state index contributed by atoms with van der Waals surface area (Å²) < 4.78 is 37.7. The van der Waals surface area contributed by atoms with Gasteiger partial charge in [-0.25, -0.2) is 23.2 Å². The van der Waals surface area contributed by atoms with E-state index in [1.165, 1.54) is 0 Å². The molecule has 0 N–H and O–H groups in total. The average molecular weight is 495 g/mol. The van der Waals surface area contributed by atoms with Crippen LogP contribution in [0, 0.1) is 0 Å². The van der Waals surface area contributed by atoms with Crippen molar-refractivity contribution in [2.75, 3.05) is 39.3 Å². The summed E-state index contributed by atoms with van der Waals surface area (Å²) in [6.07, 6.45) is 4.38. The van der Waals surface area contributed by atoms with E-state index < -0.39 is 24.2 Å². The van der Waals surface area contributed by atoms with Crippen LogP contribution in [0.2, 0.25) is 0 Å². The van der Waals surface area contributed by atoms with Gasteiger partial charge in [0, 0.05) is 57.1 Å². The predicted molar refractivity (Wildman–Crippen MR) is 128 cm³/mol. The number of amides is 1. The second kappa shape index (κ2) is 9.57. The van der Waals surface area contributed by atoms with Crippen molar-refractivity contribution in [2.24, 2.45) is 0 Å². The van der Waals surface area contributed by atoms with Gasteiger partial charge in [0.2, 0.25) is 0 Å². The standard InChI is InChI=1S/C25H40F2N6O2/c1-18(2)30-13-15-31(16-14-30)20-5-4-8-25(26,27)21(20)35-23(34)32-11-9-24(3,10-12-32)22-28-17-33(29-22)19-6-7-19/h17-21H,4-16H2,1-3H3/t20-,21+/m0/s1. The van der Waals surface area contributed by atoms with Gasteiger partial charge in [-0.1, -0.05) is 6.92 Å². The van der Waals surface area contributed by atoms with Crippen LogP contribution in [0.25, 0.3) is 0 Å². The highest BCUT2D eigenvalue weighted by Gasteiger charge is 2.52. The van der Waals surface area contributed by atoms with Gasteiger partial charge < -0.3 is 9.64 Å². The number of piperidine rings is 1. The summed E-state index contributed by atoms with van der Waals surface area (Å²) in [7, 11) is 0. The van der Waals surface area contributed by atoms with Gasteiger partial charge in [-0.05, 0) is 52.4 Å². The molecule has 0 radical (unpaired) electrons. The number of hydrogen-bond donors (Lipinski definition) is 0. The van der Waals surface area contributed by atoms with Gasteiger partial charge in [-0.15, -0.1) is 0 Å². The summed E-state index contributed by atoms with van der Waals surface area (Å²) in [5.41, 5.74) is -0.218. The number of halogens is 2. The van der Waals surface area contributed by atoms with E-state index in [1.807, 2.05) is 11.0 Å². The molecule has 0 aromatic carbocycles. The molecule has 8 nitrogen and oxygen atoms in total. The highest BCUT2D eigenvalue weighted by atomic mass is 19.3. The normalized spacial score (nSPS) is 29.9. The largest absolute Gasteiger partial charge is 0.438 e. The fraction of sp³-hybridized carbons (Fsp3) is 0.880. The number of piperazine rings is 1. The van der Waals surface area contributed by atoms with E-state index in [0.717, 1.165) is 44.8 Å². The summed E-state index contributed by atoms with van der Waals surface area (Å²) in [5, 5.41) is 4.69. The molecule has 5 rings (SSSR count). The van der Waals surface area contributed by atoms with Crippen molar-refractivity contribution in [3.8, 4) is 0 Å². The molecular weight excluding hydrogens is 454 g/mol. The maximum absolute atomic E-state index is 15.1. The zero-order chi connectivity index (χ0) is 24.8. The number of carbonyl (C=O) groups excluding carboxylic acids is 1. The summed E-state index contributed by atoms with van der Waals surface area (Å²) in [6, 6.07) is 0.497. The Hall–Kier alpha value is -1.81. The molecule has 3 heterocycles. The van der Waals surface area contributed by atoms with Crippen molar-refractivity contribution < 1.29 is 18.3 Å². The molecule has 0 spiro atoms. The number of ether oxygens (including phenoxy) is 1. The first kappa shape index (κ1) is 24.9. The molecule has 1 aromatic heterocycles. The average Bonchev–Trinajstić information content (AvgIpc) is 3.56. The Kier molecular flexibility index (Phi) is 6.80. The third-order valence-electron chi connectivity index (χ3n) is 8.65. The van der Waals surface area contributed by atoms with Crippen LogP contribution in [0.5, 0.6) is 0 Å². The van der Waals surface area contributed by atoms with Crippen molar-refractivity contribution in [2.45, 2.75) is 101 Å². The Morgan fingerprint density at radius 2 is 1.74 bits per heavy atom. The number of nitrogens with zero attached hydrogens (tertiary/aromatic N) is 6. The van der Waals surface area contributed by atoms with Gasteiger partial charge in [0.05, 0.1) is 12.1 Å². The van der Waals surface area contributed by atoms with Crippen LogP contribution in [0.1, 0.15) is 77.6 Å². The lowest BCUT2D eigenvalue weighted by molar-refractivity contribution is -0.170. The fourth-order valence-electron chi connectivity index (χ4n) is 5.90. The van der Waals surface area contributed by atoms with Crippen LogP contribution in [-0.2, 0) is 10.2 Å². The highest BCUT2D eigenvalue weighted by molar-refractivity contribution is 5.68. The Morgan fingerprint density at radius 3 is 2.37 bits per heavy atom. The van der Waals surface area contributed by atoms with Crippen LogP contribution in [-0.4, -0.2) is 98.9 Å². The Labute approximate surface area is 207 Å². The number of hydrogen-bond acceptors (Lipinski definition) is 6. The first-order valence-corrected chi connectivity index (χ1v) is 13.4. The molecule has 2 atom stereocenters. The molecule has 196 valence electrons. The maximum Gasteiger partial charge on any atom is 0.410 e. The quantitative estimate of drug-likeness (QED) is 0.622. The predicted octanol–water partition coefficient (Wildman–Crippen LogP) is 3.69. The van der Waals surface area contributed by atoms with Crippen LogP contribution in [0.4, 0.5) is 13.6 Å². The first-order chi connectivity index (χ1) is 16.7. The molecule has 0 unspecified atom stereocenters. The summed E-state index contributed by atoms with van der Waals surface area (Å²) in [4.78, 5) is 23.7. The van der Waals surface area contributed by atoms with Gasteiger partial charge >= 0.3 is 6.09 Å². The number of rotatable bonds is 5. The number of likely N-dealkylation sites (tertiary alicyclic amines) is 1. The molecule has 10 heteroatoms. The fourth-order valence-corrected chi connectivity index (χ4v) is 5.90. The lowest BCUT2D eigenvalue weighted by atomic mass is 9.80. The summed E-state index contributed by atoms with van der Waals surface area (Å²) in [5.74, 6) is -2.19. The van der Waals surface area contributed by atoms with Crippen LogP contribution < -0.4 is 0 Å². The topological polar surface area (TPSA) is 66.7 Å². The van der Waals surface area contributed by atoms with Gasteiger partial charge in [-0.2, -0.15) is 5.10 Å². The molecule has 35 heavy (non-hydrogen) atoms. The van der Waals surface area contributed by atoms with Crippen molar-refractivity contribution in [1.29, 1.82) is 0 Å². The Balaban J connectivity index is 1.20. The molecule has 2 saturated carbocycles. The van der Waals surface area contributed by atoms with Gasteiger partial charge in [0.1, 0.15) is 6.33 Å². The zero-order valence-corrected chi connectivity index (χ0v) is 21.3. The monoisotopic (exact) mass is 494 g/mol. The second-order valence-corrected chi connectivity index (χ2v) is 11.5. The van der Waals surface area contributed by atoms with E-state index in [1.54, 1.807) is 4.90 Å². The van der Waals surface area contributed by atoms with Gasteiger partial charge in [-0.3, -0.25) is 9.80 Å².